The number of hydrogen-bond donors (Lipinski definition) is 1. The minimum atomic E-state index is -0.370. The van der Waals surface area contributed by atoms with Gasteiger partial charge in [-0.25, -0.2) is 9.18 Å². The van der Waals surface area contributed by atoms with E-state index in [1.54, 1.807) is 18.3 Å². The number of carbonyl (C=O) groups is 1. The van der Waals surface area contributed by atoms with Gasteiger partial charge in [0, 0.05) is 5.39 Å². The standard InChI is InChI=1S/C28H21ClFN3O2/c1-2-23(24-11-9-21(30)14-25(24)29)28(19-8-12-26-20(13-19)16-31-32-26)18-6-3-17(4-7-18)5-10-22-15-27(34)35-33-22/h3-14,16H,2,15H2,1H3,(H,31,32)/b10-5+,28-23+. The first kappa shape index (κ1) is 22.7. The van der Waals surface area contributed by atoms with E-state index in [2.05, 4.69) is 33.2 Å². The van der Waals surface area contributed by atoms with E-state index in [9.17, 15) is 9.18 Å². The van der Waals surface area contributed by atoms with Gasteiger partial charge in [-0.15, -0.1) is 0 Å². The van der Waals surface area contributed by atoms with Gasteiger partial charge in [0.25, 0.3) is 0 Å². The molecular formula is C28H21ClFN3O2. The fourth-order valence-electron chi connectivity index (χ4n) is 4.21. The van der Waals surface area contributed by atoms with E-state index in [4.69, 9.17) is 11.6 Å². The molecule has 0 saturated carbocycles. The molecule has 1 aromatic heterocycles. The molecule has 0 amide bonds. The number of oxime groups is 1. The van der Waals surface area contributed by atoms with Crippen LogP contribution in [0.1, 0.15) is 42.0 Å². The molecular weight excluding hydrogens is 465 g/mol. The van der Waals surface area contributed by atoms with Crippen LogP contribution in [0.4, 0.5) is 4.39 Å². The van der Waals surface area contributed by atoms with Crippen molar-refractivity contribution in [2.45, 2.75) is 19.8 Å². The van der Waals surface area contributed by atoms with E-state index >= 15 is 0 Å². The van der Waals surface area contributed by atoms with Crippen molar-refractivity contribution in [1.29, 1.82) is 0 Å². The first-order chi connectivity index (χ1) is 17.0. The van der Waals surface area contributed by atoms with Crippen molar-refractivity contribution >= 4 is 51.4 Å². The maximum Gasteiger partial charge on any atom is 0.341 e. The Kier molecular flexibility index (Phi) is 6.29. The third-order valence-electron chi connectivity index (χ3n) is 5.90. The molecule has 4 aromatic rings. The summed E-state index contributed by atoms with van der Waals surface area (Å²) in [6.45, 7) is 2.06. The van der Waals surface area contributed by atoms with Crippen LogP contribution in [0.3, 0.4) is 0 Å². The highest BCUT2D eigenvalue weighted by Gasteiger charge is 2.17. The number of H-pyrrole nitrogens is 1. The number of benzene rings is 3. The van der Waals surface area contributed by atoms with Gasteiger partial charge in [-0.2, -0.15) is 5.10 Å². The molecule has 0 spiro atoms. The summed E-state index contributed by atoms with van der Waals surface area (Å²) in [6.07, 6.45) is 6.33. The van der Waals surface area contributed by atoms with E-state index in [-0.39, 0.29) is 18.2 Å². The molecule has 5 rings (SSSR count). The average molecular weight is 486 g/mol. The smallest absolute Gasteiger partial charge is 0.318 e. The van der Waals surface area contributed by atoms with Gasteiger partial charge >= 0.3 is 5.97 Å². The van der Waals surface area contributed by atoms with Crippen LogP contribution in [0.2, 0.25) is 5.02 Å². The van der Waals surface area contributed by atoms with Gasteiger partial charge in [-0.05, 0) is 70.2 Å². The molecule has 1 N–H and O–H groups in total. The molecule has 0 atom stereocenters. The number of nitrogens with one attached hydrogen (secondary N) is 1. The van der Waals surface area contributed by atoms with E-state index < -0.39 is 0 Å². The van der Waals surface area contributed by atoms with Crippen LogP contribution in [0.25, 0.3) is 28.1 Å². The van der Waals surface area contributed by atoms with Crippen LogP contribution in [0.5, 0.6) is 0 Å². The lowest BCUT2D eigenvalue weighted by molar-refractivity contribution is -0.140. The van der Waals surface area contributed by atoms with Crippen molar-refractivity contribution < 1.29 is 14.0 Å². The number of aromatic nitrogens is 2. The first-order valence-electron chi connectivity index (χ1n) is 11.2. The first-order valence-corrected chi connectivity index (χ1v) is 11.6. The normalized spacial score (nSPS) is 14.4. The average Bonchev–Trinajstić information content (AvgIpc) is 3.50. The molecule has 0 unspecified atom stereocenters. The second-order valence-corrected chi connectivity index (χ2v) is 8.59. The Morgan fingerprint density at radius 1 is 1.09 bits per heavy atom. The summed E-state index contributed by atoms with van der Waals surface area (Å²) in [5, 5.41) is 12.2. The summed E-state index contributed by atoms with van der Waals surface area (Å²) in [4.78, 5) is 15.9. The molecule has 0 bridgehead atoms. The Bertz CT molecular complexity index is 1520. The second kappa shape index (κ2) is 9.68. The van der Waals surface area contributed by atoms with Crippen molar-refractivity contribution in [1.82, 2.24) is 10.2 Å². The molecule has 2 heterocycles. The number of carbonyl (C=O) groups excluding carboxylic acids is 1. The van der Waals surface area contributed by atoms with E-state index in [1.165, 1.54) is 12.1 Å². The second-order valence-electron chi connectivity index (χ2n) is 8.18. The summed E-state index contributed by atoms with van der Waals surface area (Å²) in [5.41, 5.74) is 7.32. The zero-order valence-corrected chi connectivity index (χ0v) is 19.6. The lowest BCUT2D eigenvalue weighted by Crippen LogP contribution is -1.97. The van der Waals surface area contributed by atoms with Gasteiger partial charge in [0.1, 0.15) is 5.82 Å². The highest BCUT2D eigenvalue weighted by molar-refractivity contribution is 6.32. The maximum absolute atomic E-state index is 13.8. The van der Waals surface area contributed by atoms with Crippen LogP contribution in [-0.2, 0) is 9.63 Å². The number of fused-ring (bicyclic) bond motifs is 1. The lowest BCUT2D eigenvalue weighted by atomic mass is 9.87. The Morgan fingerprint density at radius 3 is 2.60 bits per heavy atom. The van der Waals surface area contributed by atoms with Gasteiger partial charge in [-0.1, -0.05) is 66.2 Å². The summed E-state index contributed by atoms with van der Waals surface area (Å²) >= 11 is 6.49. The highest BCUT2D eigenvalue weighted by Crippen LogP contribution is 2.38. The molecule has 7 heteroatoms. The van der Waals surface area contributed by atoms with E-state index in [0.717, 1.165) is 44.3 Å². The number of rotatable bonds is 6. The molecule has 0 fully saturated rings. The van der Waals surface area contributed by atoms with Crippen molar-refractivity contribution in [2.75, 3.05) is 0 Å². The lowest BCUT2D eigenvalue weighted by Gasteiger charge is -2.18. The van der Waals surface area contributed by atoms with Gasteiger partial charge < -0.3 is 4.84 Å². The van der Waals surface area contributed by atoms with Crippen LogP contribution >= 0.6 is 11.6 Å². The van der Waals surface area contributed by atoms with Gasteiger partial charge in [0.15, 0.2) is 0 Å². The summed E-state index contributed by atoms with van der Waals surface area (Å²) in [6, 6.07) is 18.7. The third-order valence-corrected chi connectivity index (χ3v) is 6.21. The molecule has 0 saturated heterocycles. The molecule has 1 aliphatic heterocycles. The predicted molar refractivity (Wildman–Crippen MR) is 137 cm³/mol. The van der Waals surface area contributed by atoms with Gasteiger partial charge in [0.2, 0.25) is 0 Å². The van der Waals surface area contributed by atoms with Gasteiger partial charge in [0.05, 0.1) is 28.9 Å². The van der Waals surface area contributed by atoms with Crippen LogP contribution in [0.15, 0.2) is 78.1 Å². The van der Waals surface area contributed by atoms with Gasteiger partial charge in [-0.3, -0.25) is 5.10 Å². The molecule has 5 nitrogen and oxygen atoms in total. The maximum atomic E-state index is 13.8. The van der Waals surface area contributed by atoms with Crippen molar-refractivity contribution in [3.05, 3.63) is 106 Å². The largest absolute Gasteiger partial charge is 0.341 e. The SMILES string of the molecule is CC/C(=C(/c1ccc(/C=C/C2=NOC(=O)C2)cc1)c1ccc2[nH]ncc2c1)c1ccc(F)cc1Cl. The van der Waals surface area contributed by atoms with Crippen LogP contribution < -0.4 is 0 Å². The Balaban J connectivity index is 1.61. The van der Waals surface area contributed by atoms with E-state index in [0.29, 0.717) is 17.2 Å². The molecule has 174 valence electrons. The van der Waals surface area contributed by atoms with Crippen molar-refractivity contribution in [3.63, 3.8) is 0 Å². The van der Waals surface area contributed by atoms with Crippen LogP contribution in [-0.4, -0.2) is 21.9 Å². The van der Waals surface area contributed by atoms with Crippen molar-refractivity contribution in [2.24, 2.45) is 5.16 Å². The monoisotopic (exact) mass is 485 g/mol. The van der Waals surface area contributed by atoms with Crippen LogP contribution in [0, 0.1) is 5.82 Å². The van der Waals surface area contributed by atoms with Crippen molar-refractivity contribution in [3.8, 4) is 0 Å². The zero-order chi connectivity index (χ0) is 24.4. The third kappa shape index (κ3) is 4.79. The van der Waals surface area contributed by atoms with E-state index in [1.807, 2.05) is 42.5 Å². The summed E-state index contributed by atoms with van der Waals surface area (Å²) in [5.74, 6) is -0.721. The number of hydrogen-bond acceptors (Lipinski definition) is 4. The minimum absolute atomic E-state index is 0.177. The zero-order valence-electron chi connectivity index (χ0n) is 18.9. The molecule has 35 heavy (non-hydrogen) atoms. The summed E-state index contributed by atoms with van der Waals surface area (Å²) in [7, 11) is 0. The summed E-state index contributed by atoms with van der Waals surface area (Å²) < 4.78 is 13.8. The number of halogens is 2. The predicted octanol–water partition coefficient (Wildman–Crippen LogP) is 7.04. The molecule has 3 aromatic carbocycles. The number of aromatic amines is 1. The highest BCUT2D eigenvalue weighted by atomic mass is 35.5. The fourth-order valence-corrected chi connectivity index (χ4v) is 4.50. The quantitative estimate of drug-likeness (QED) is 0.235. The number of allylic oxidation sites excluding steroid dienone is 2. The Labute approximate surface area is 206 Å². The molecule has 0 aliphatic carbocycles. The fraction of sp³-hybridized carbons (Fsp3) is 0.107. The Morgan fingerprint density at radius 2 is 1.89 bits per heavy atom. The Hall–Kier alpha value is -4.03. The topological polar surface area (TPSA) is 67.3 Å². The minimum Gasteiger partial charge on any atom is -0.318 e. The molecule has 1 aliphatic rings. The molecule has 0 radical (unpaired) electrons. The number of nitrogens with zero attached hydrogens (tertiary/aromatic N) is 2.